The monoisotopic (exact) mass is 384 g/mol. The second kappa shape index (κ2) is 10.3. The van der Waals surface area contributed by atoms with E-state index in [2.05, 4.69) is 5.32 Å². The van der Waals surface area contributed by atoms with Crippen molar-refractivity contribution in [2.75, 3.05) is 14.2 Å². The SMILES string of the molecule is CCC(=O)N(Cc1ccc(OC)cc1)[C@@H](C)C(=O)NCc1ccccc1OC. The maximum Gasteiger partial charge on any atom is 0.242 e. The van der Waals surface area contributed by atoms with Crippen LogP contribution in [0.25, 0.3) is 0 Å². The number of methoxy groups -OCH3 is 2. The molecule has 0 aliphatic heterocycles. The quantitative estimate of drug-likeness (QED) is 0.721. The van der Waals surface area contributed by atoms with Crippen LogP contribution in [0.5, 0.6) is 11.5 Å². The van der Waals surface area contributed by atoms with Gasteiger partial charge < -0.3 is 19.7 Å². The topological polar surface area (TPSA) is 67.9 Å². The van der Waals surface area contributed by atoms with Crippen LogP contribution < -0.4 is 14.8 Å². The lowest BCUT2D eigenvalue weighted by molar-refractivity contribution is -0.140. The van der Waals surface area contributed by atoms with E-state index in [0.717, 1.165) is 22.6 Å². The van der Waals surface area contributed by atoms with Gasteiger partial charge in [0.1, 0.15) is 17.5 Å². The molecule has 2 aromatic rings. The molecule has 2 amide bonds. The number of ether oxygens (including phenoxy) is 2. The molecule has 28 heavy (non-hydrogen) atoms. The number of rotatable bonds is 9. The molecule has 1 atom stereocenters. The first-order valence-corrected chi connectivity index (χ1v) is 9.32. The van der Waals surface area contributed by atoms with Gasteiger partial charge in [-0.15, -0.1) is 0 Å². The number of hydrogen-bond acceptors (Lipinski definition) is 4. The molecule has 1 N–H and O–H groups in total. The van der Waals surface area contributed by atoms with Gasteiger partial charge in [0.05, 0.1) is 14.2 Å². The minimum atomic E-state index is -0.593. The maximum absolute atomic E-state index is 12.7. The third-order valence-electron chi connectivity index (χ3n) is 4.63. The summed E-state index contributed by atoms with van der Waals surface area (Å²) in [4.78, 5) is 26.8. The first kappa shape index (κ1) is 21.3. The van der Waals surface area contributed by atoms with Gasteiger partial charge in [-0.05, 0) is 30.7 Å². The molecule has 0 saturated carbocycles. The van der Waals surface area contributed by atoms with Gasteiger partial charge in [0.25, 0.3) is 0 Å². The van der Waals surface area contributed by atoms with Crippen molar-refractivity contribution in [2.24, 2.45) is 0 Å². The summed E-state index contributed by atoms with van der Waals surface area (Å²) in [6, 6.07) is 14.4. The Bertz CT molecular complexity index is 789. The van der Waals surface area contributed by atoms with Gasteiger partial charge in [-0.25, -0.2) is 0 Å². The molecule has 0 radical (unpaired) electrons. The molecular formula is C22H28N2O4. The number of nitrogens with zero attached hydrogens (tertiary/aromatic N) is 1. The van der Waals surface area contributed by atoms with Gasteiger partial charge in [0.15, 0.2) is 0 Å². The van der Waals surface area contributed by atoms with Crippen LogP contribution in [0.15, 0.2) is 48.5 Å². The molecule has 0 aliphatic rings. The summed E-state index contributed by atoms with van der Waals surface area (Å²) in [5, 5.41) is 2.90. The van der Waals surface area contributed by atoms with Crippen molar-refractivity contribution in [1.29, 1.82) is 0 Å². The van der Waals surface area contributed by atoms with Crippen LogP contribution in [0, 0.1) is 0 Å². The molecule has 0 spiro atoms. The lowest BCUT2D eigenvalue weighted by Crippen LogP contribution is -2.47. The van der Waals surface area contributed by atoms with Crippen LogP contribution in [0.3, 0.4) is 0 Å². The van der Waals surface area contributed by atoms with Crippen molar-refractivity contribution in [3.63, 3.8) is 0 Å². The highest BCUT2D eigenvalue weighted by Gasteiger charge is 2.25. The van der Waals surface area contributed by atoms with Gasteiger partial charge in [0, 0.05) is 25.1 Å². The number of carbonyl (C=O) groups is 2. The van der Waals surface area contributed by atoms with Crippen molar-refractivity contribution in [1.82, 2.24) is 10.2 Å². The molecule has 0 saturated heterocycles. The minimum absolute atomic E-state index is 0.0734. The van der Waals surface area contributed by atoms with Crippen molar-refractivity contribution in [3.8, 4) is 11.5 Å². The Hall–Kier alpha value is -3.02. The Balaban J connectivity index is 2.07. The zero-order valence-corrected chi connectivity index (χ0v) is 16.9. The highest BCUT2D eigenvalue weighted by molar-refractivity contribution is 5.87. The Morgan fingerprint density at radius 2 is 1.71 bits per heavy atom. The molecule has 6 heteroatoms. The third kappa shape index (κ3) is 5.49. The van der Waals surface area contributed by atoms with Crippen LogP contribution in [0.1, 0.15) is 31.4 Å². The zero-order valence-electron chi connectivity index (χ0n) is 16.9. The lowest BCUT2D eigenvalue weighted by Gasteiger charge is -2.28. The van der Waals surface area contributed by atoms with Crippen LogP contribution in [0.2, 0.25) is 0 Å². The fourth-order valence-electron chi connectivity index (χ4n) is 2.89. The van der Waals surface area contributed by atoms with Gasteiger partial charge >= 0.3 is 0 Å². The summed E-state index contributed by atoms with van der Waals surface area (Å²) >= 11 is 0. The van der Waals surface area contributed by atoms with Crippen molar-refractivity contribution >= 4 is 11.8 Å². The van der Waals surface area contributed by atoms with Crippen LogP contribution in [-0.4, -0.2) is 37.0 Å². The summed E-state index contributed by atoms with van der Waals surface area (Å²) in [7, 11) is 3.20. The summed E-state index contributed by atoms with van der Waals surface area (Å²) in [6.45, 7) is 4.24. The zero-order chi connectivity index (χ0) is 20.5. The second-order valence-corrected chi connectivity index (χ2v) is 6.43. The van der Waals surface area contributed by atoms with Crippen LogP contribution in [0.4, 0.5) is 0 Å². The van der Waals surface area contributed by atoms with E-state index in [4.69, 9.17) is 9.47 Å². The van der Waals surface area contributed by atoms with E-state index in [-0.39, 0.29) is 11.8 Å². The Morgan fingerprint density at radius 3 is 2.32 bits per heavy atom. The summed E-state index contributed by atoms with van der Waals surface area (Å²) in [5.41, 5.74) is 1.82. The number of carbonyl (C=O) groups excluding carboxylic acids is 2. The normalized spacial score (nSPS) is 11.4. The number of amides is 2. The Morgan fingerprint density at radius 1 is 1.04 bits per heavy atom. The van der Waals surface area contributed by atoms with E-state index < -0.39 is 6.04 Å². The molecular weight excluding hydrogens is 356 g/mol. The van der Waals surface area contributed by atoms with E-state index in [1.54, 1.807) is 33.0 Å². The van der Waals surface area contributed by atoms with E-state index in [1.807, 2.05) is 48.5 Å². The van der Waals surface area contributed by atoms with Gasteiger partial charge in [0.2, 0.25) is 11.8 Å². The molecule has 0 heterocycles. The molecule has 2 rings (SSSR count). The first-order valence-electron chi connectivity index (χ1n) is 9.32. The maximum atomic E-state index is 12.7. The van der Waals surface area contributed by atoms with Crippen LogP contribution in [-0.2, 0) is 22.7 Å². The smallest absolute Gasteiger partial charge is 0.242 e. The highest BCUT2D eigenvalue weighted by atomic mass is 16.5. The minimum Gasteiger partial charge on any atom is -0.497 e. The predicted octanol–water partition coefficient (Wildman–Crippen LogP) is 3.15. The second-order valence-electron chi connectivity index (χ2n) is 6.43. The summed E-state index contributed by atoms with van der Waals surface area (Å²) in [5.74, 6) is 1.19. The standard InChI is InChI=1S/C22H28N2O4/c1-5-21(25)24(15-17-10-12-19(27-3)13-11-17)16(2)22(26)23-14-18-8-6-7-9-20(18)28-4/h6-13,16H,5,14-15H2,1-4H3,(H,23,26)/t16-/m0/s1. The predicted molar refractivity (Wildman–Crippen MR) is 108 cm³/mol. The fraction of sp³-hybridized carbons (Fsp3) is 0.364. The molecule has 0 aliphatic carbocycles. The highest BCUT2D eigenvalue weighted by Crippen LogP contribution is 2.18. The molecule has 150 valence electrons. The first-order chi connectivity index (χ1) is 13.5. The number of nitrogens with one attached hydrogen (secondary N) is 1. The average molecular weight is 384 g/mol. The fourth-order valence-corrected chi connectivity index (χ4v) is 2.89. The molecule has 0 aromatic heterocycles. The van der Waals surface area contributed by atoms with Crippen molar-refractivity contribution in [3.05, 3.63) is 59.7 Å². The van der Waals surface area contributed by atoms with Gasteiger partial charge in [-0.2, -0.15) is 0 Å². The molecule has 0 fully saturated rings. The molecule has 0 bridgehead atoms. The molecule has 6 nitrogen and oxygen atoms in total. The Kier molecular flexibility index (Phi) is 7.87. The largest absolute Gasteiger partial charge is 0.497 e. The van der Waals surface area contributed by atoms with Gasteiger partial charge in [-0.3, -0.25) is 9.59 Å². The molecule has 2 aromatic carbocycles. The van der Waals surface area contributed by atoms with E-state index in [1.165, 1.54) is 0 Å². The third-order valence-corrected chi connectivity index (χ3v) is 4.63. The van der Waals surface area contributed by atoms with E-state index in [9.17, 15) is 9.59 Å². The van der Waals surface area contributed by atoms with Crippen molar-refractivity contribution < 1.29 is 19.1 Å². The Labute approximate surface area is 166 Å². The summed E-state index contributed by atoms with van der Waals surface area (Å²) in [6.07, 6.45) is 0.334. The number of hydrogen-bond donors (Lipinski definition) is 1. The van der Waals surface area contributed by atoms with Gasteiger partial charge in [-0.1, -0.05) is 37.3 Å². The van der Waals surface area contributed by atoms with E-state index in [0.29, 0.717) is 19.5 Å². The van der Waals surface area contributed by atoms with E-state index >= 15 is 0 Å². The molecule has 0 unspecified atom stereocenters. The van der Waals surface area contributed by atoms with Crippen molar-refractivity contribution in [2.45, 2.75) is 39.4 Å². The summed E-state index contributed by atoms with van der Waals surface area (Å²) < 4.78 is 10.5. The lowest BCUT2D eigenvalue weighted by atomic mass is 10.1. The van der Waals surface area contributed by atoms with Crippen LogP contribution >= 0.6 is 0 Å². The average Bonchev–Trinajstić information content (AvgIpc) is 2.75. The number of para-hydroxylation sites is 1. The number of benzene rings is 2.